The molecule has 0 spiro atoms. The minimum atomic E-state index is 0.448. The van der Waals surface area contributed by atoms with Crippen LogP contribution in [-0.4, -0.2) is 0 Å². The van der Waals surface area contributed by atoms with Gasteiger partial charge in [0, 0.05) is 5.69 Å². The number of benzene rings is 1. The minimum absolute atomic E-state index is 0.448. The normalized spacial score (nSPS) is 10.2. The summed E-state index contributed by atoms with van der Waals surface area (Å²) in [4.78, 5) is 0. The number of hydrogen-bond acceptors (Lipinski definition) is 2. The second-order valence-electron chi connectivity index (χ2n) is 2.88. The first-order valence-electron chi connectivity index (χ1n) is 4.13. The van der Waals surface area contributed by atoms with Crippen LogP contribution in [0.5, 0.6) is 0 Å². The van der Waals surface area contributed by atoms with Gasteiger partial charge < -0.3 is 5.73 Å². The molecule has 0 saturated heterocycles. The van der Waals surface area contributed by atoms with E-state index in [1.165, 1.54) is 0 Å². The van der Waals surface area contributed by atoms with Crippen LogP contribution in [0.2, 0.25) is 0 Å². The van der Waals surface area contributed by atoms with Gasteiger partial charge in [-0.05, 0) is 24.1 Å². The summed E-state index contributed by atoms with van der Waals surface area (Å²) in [5.74, 6) is 0. The molecule has 1 rings (SSSR count). The topological polar surface area (TPSA) is 49.8 Å². The summed E-state index contributed by atoms with van der Waals surface area (Å²) in [6.07, 6.45) is 4.21. The van der Waals surface area contributed by atoms with Gasteiger partial charge in [0.15, 0.2) is 0 Å². The molecule has 0 amide bonds. The van der Waals surface area contributed by atoms with Crippen molar-refractivity contribution in [3.05, 3.63) is 35.4 Å². The molecular formula is C11H12N2. The van der Waals surface area contributed by atoms with Crippen LogP contribution in [0, 0.1) is 18.3 Å². The first kappa shape index (κ1) is 9.34. The predicted octanol–water partition coefficient (Wildman–Crippen LogP) is 2.50. The van der Waals surface area contributed by atoms with Crippen LogP contribution in [-0.2, 0) is 0 Å². The Morgan fingerprint density at radius 3 is 2.92 bits per heavy atom. The molecule has 0 aliphatic rings. The molecule has 1 aromatic rings. The summed E-state index contributed by atoms with van der Waals surface area (Å²) in [6.45, 7) is 1.97. The van der Waals surface area contributed by atoms with Gasteiger partial charge in [-0.3, -0.25) is 0 Å². The van der Waals surface area contributed by atoms with Crippen molar-refractivity contribution in [1.82, 2.24) is 0 Å². The molecule has 13 heavy (non-hydrogen) atoms. The maximum absolute atomic E-state index is 8.32. The summed E-state index contributed by atoms with van der Waals surface area (Å²) in [5.41, 5.74) is 8.62. The molecular weight excluding hydrogens is 160 g/mol. The van der Waals surface area contributed by atoms with Gasteiger partial charge >= 0.3 is 0 Å². The van der Waals surface area contributed by atoms with Gasteiger partial charge in [0.2, 0.25) is 0 Å². The summed E-state index contributed by atoms with van der Waals surface area (Å²) in [7, 11) is 0. The lowest BCUT2D eigenvalue weighted by atomic mass is 10.1. The Morgan fingerprint density at radius 1 is 1.54 bits per heavy atom. The van der Waals surface area contributed by atoms with Crippen molar-refractivity contribution < 1.29 is 0 Å². The molecule has 0 aliphatic carbocycles. The molecule has 0 radical (unpaired) electrons. The van der Waals surface area contributed by atoms with Gasteiger partial charge in [-0.15, -0.1) is 0 Å². The third-order valence-electron chi connectivity index (χ3n) is 1.81. The van der Waals surface area contributed by atoms with Crippen LogP contribution in [0.1, 0.15) is 17.5 Å². The highest BCUT2D eigenvalue weighted by atomic mass is 14.5. The number of hydrogen-bond donors (Lipinski definition) is 1. The molecule has 0 aromatic heterocycles. The quantitative estimate of drug-likeness (QED) is 0.697. The van der Waals surface area contributed by atoms with Crippen LogP contribution in [0.15, 0.2) is 24.3 Å². The highest BCUT2D eigenvalue weighted by molar-refractivity contribution is 5.57. The number of nitriles is 1. The molecule has 2 N–H and O–H groups in total. The van der Waals surface area contributed by atoms with Crippen LogP contribution in [0.25, 0.3) is 6.08 Å². The standard InChI is InChI=1S/C11H12N2/c1-9-8-10(4-2-3-7-12)5-6-11(9)13/h2,4-6,8H,3,13H2,1H3. The zero-order valence-corrected chi connectivity index (χ0v) is 7.62. The van der Waals surface area contributed by atoms with Gasteiger partial charge in [0.05, 0.1) is 12.5 Å². The van der Waals surface area contributed by atoms with Crippen molar-refractivity contribution in [2.45, 2.75) is 13.3 Å². The Balaban J connectivity index is 2.81. The molecule has 0 saturated carbocycles. The first-order valence-corrected chi connectivity index (χ1v) is 4.13. The summed E-state index contributed by atoms with van der Waals surface area (Å²) in [6, 6.07) is 7.87. The van der Waals surface area contributed by atoms with Crippen LogP contribution >= 0.6 is 0 Å². The van der Waals surface area contributed by atoms with Gasteiger partial charge in [-0.25, -0.2) is 0 Å². The van der Waals surface area contributed by atoms with Crippen molar-refractivity contribution in [3.63, 3.8) is 0 Å². The maximum atomic E-state index is 8.32. The summed E-state index contributed by atoms with van der Waals surface area (Å²) < 4.78 is 0. The average Bonchev–Trinajstić information content (AvgIpc) is 2.12. The van der Waals surface area contributed by atoms with E-state index in [-0.39, 0.29) is 0 Å². The molecule has 1 aromatic carbocycles. The SMILES string of the molecule is Cc1cc(C=CCC#N)ccc1N. The van der Waals surface area contributed by atoms with E-state index < -0.39 is 0 Å². The van der Waals surface area contributed by atoms with Crippen molar-refractivity contribution >= 4 is 11.8 Å². The van der Waals surface area contributed by atoms with E-state index >= 15 is 0 Å². The van der Waals surface area contributed by atoms with E-state index in [0.717, 1.165) is 16.8 Å². The average molecular weight is 172 g/mol. The molecule has 0 heterocycles. The lowest BCUT2D eigenvalue weighted by molar-refractivity contribution is 1.36. The van der Waals surface area contributed by atoms with Gasteiger partial charge in [-0.2, -0.15) is 5.26 Å². The number of nitrogens with zero attached hydrogens (tertiary/aromatic N) is 1. The van der Waals surface area contributed by atoms with E-state index in [0.29, 0.717) is 6.42 Å². The molecule has 0 bridgehead atoms. The molecule has 0 fully saturated rings. The van der Waals surface area contributed by atoms with Crippen molar-refractivity contribution in [1.29, 1.82) is 5.26 Å². The second-order valence-corrected chi connectivity index (χ2v) is 2.88. The zero-order chi connectivity index (χ0) is 9.68. The van der Waals surface area contributed by atoms with Gasteiger partial charge in [0.1, 0.15) is 0 Å². The molecule has 2 heteroatoms. The molecule has 2 nitrogen and oxygen atoms in total. The number of nitrogen functional groups attached to an aromatic ring is 1. The molecule has 0 aliphatic heterocycles. The van der Waals surface area contributed by atoms with Crippen molar-refractivity contribution in [3.8, 4) is 6.07 Å². The highest BCUT2D eigenvalue weighted by Crippen LogP contribution is 2.13. The second kappa shape index (κ2) is 4.32. The molecule has 66 valence electrons. The third-order valence-corrected chi connectivity index (χ3v) is 1.81. The van der Waals surface area contributed by atoms with E-state index in [2.05, 4.69) is 6.07 Å². The molecule has 0 atom stereocenters. The Bertz CT molecular complexity index is 359. The molecule has 0 unspecified atom stereocenters. The number of rotatable bonds is 2. The summed E-state index contributed by atoms with van der Waals surface area (Å²) >= 11 is 0. The number of anilines is 1. The predicted molar refractivity (Wildman–Crippen MR) is 54.9 cm³/mol. The summed E-state index contributed by atoms with van der Waals surface area (Å²) in [5, 5.41) is 8.32. The zero-order valence-electron chi connectivity index (χ0n) is 7.62. The maximum Gasteiger partial charge on any atom is 0.0663 e. The van der Waals surface area contributed by atoms with Crippen LogP contribution < -0.4 is 5.73 Å². The van der Waals surface area contributed by atoms with E-state index in [9.17, 15) is 0 Å². The minimum Gasteiger partial charge on any atom is -0.399 e. The van der Waals surface area contributed by atoms with Gasteiger partial charge in [-0.1, -0.05) is 24.3 Å². The number of allylic oxidation sites excluding steroid dienone is 1. The van der Waals surface area contributed by atoms with E-state index in [1.54, 1.807) is 0 Å². The Kier molecular flexibility index (Phi) is 3.10. The monoisotopic (exact) mass is 172 g/mol. The number of aryl methyl sites for hydroxylation is 1. The Hall–Kier alpha value is -1.75. The largest absolute Gasteiger partial charge is 0.399 e. The fourth-order valence-corrected chi connectivity index (χ4v) is 1.05. The van der Waals surface area contributed by atoms with E-state index in [1.807, 2.05) is 37.3 Å². The lowest BCUT2D eigenvalue weighted by Gasteiger charge is -1.99. The van der Waals surface area contributed by atoms with Gasteiger partial charge in [0.25, 0.3) is 0 Å². The third kappa shape index (κ3) is 2.64. The van der Waals surface area contributed by atoms with E-state index in [4.69, 9.17) is 11.0 Å². The Labute approximate surface area is 78.3 Å². The fourth-order valence-electron chi connectivity index (χ4n) is 1.05. The highest BCUT2D eigenvalue weighted by Gasteiger charge is 1.92. The van der Waals surface area contributed by atoms with Crippen molar-refractivity contribution in [2.24, 2.45) is 0 Å². The van der Waals surface area contributed by atoms with Crippen LogP contribution in [0.4, 0.5) is 5.69 Å². The fraction of sp³-hybridized carbons (Fsp3) is 0.182. The smallest absolute Gasteiger partial charge is 0.0663 e. The lowest BCUT2D eigenvalue weighted by Crippen LogP contribution is -1.88. The van der Waals surface area contributed by atoms with Crippen LogP contribution in [0.3, 0.4) is 0 Å². The van der Waals surface area contributed by atoms with Crippen molar-refractivity contribution in [2.75, 3.05) is 5.73 Å². The number of nitrogens with two attached hydrogens (primary N) is 1. The first-order chi connectivity index (χ1) is 6.24. The Morgan fingerprint density at radius 2 is 2.31 bits per heavy atom.